The fourth-order valence-electron chi connectivity index (χ4n) is 1.82. The minimum Gasteiger partial charge on any atom is -0.457 e. The number of amides is 1. The van der Waals surface area contributed by atoms with E-state index in [2.05, 4.69) is 15.9 Å². The van der Waals surface area contributed by atoms with Gasteiger partial charge in [-0.05, 0) is 34.1 Å². The predicted molar refractivity (Wildman–Crippen MR) is 82.6 cm³/mol. The van der Waals surface area contributed by atoms with E-state index in [0.29, 0.717) is 26.9 Å². The molecule has 21 heavy (non-hydrogen) atoms. The van der Waals surface area contributed by atoms with Gasteiger partial charge < -0.3 is 16.2 Å². The van der Waals surface area contributed by atoms with Crippen molar-refractivity contribution in [2.24, 2.45) is 5.73 Å². The van der Waals surface area contributed by atoms with Crippen LogP contribution in [0.4, 0.5) is 5.69 Å². The van der Waals surface area contributed by atoms with Crippen molar-refractivity contribution >= 4 is 33.5 Å². The van der Waals surface area contributed by atoms with E-state index in [1.807, 2.05) is 0 Å². The second-order valence-corrected chi connectivity index (χ2v) is 5.10. The molecule has 4 N–H and O–H groups in total. The maximum Gasteiger partial charge on any atom is 0.339 e. The van der Waals surface area contributed by atoms with Crippen LogP contribution in [-0.4, -0.2) is 11.9 Å². The molecule has 0 saturated heterocycles. The molecular weight excluding hydrogens is 336 g/mol. The first-order chi connectivity index (χ1) is 10.0. The van der Waals surface area contributed by atoms with E-state index in [1.165, 1.54) is 0 Å². The van der Waals surface area contributed by atoms with Gasteiger partial charge in [0.1, 0.15) is 6.61 Å². The number of nitrogen functional groups attached to an aromatic ring is 1. The van der Waals surface area contributed by atoms with Gasteiger partial charge in [-0.15, -0.1) is 0 Å². The number of nitrogens with two attached hydrogens (primary N) is 2. The summed E-state index contributed by atoms with van der Waals surface area (Å²) in [5.41, 5.74) is 12.6. The average molecular weight is 349 g/mol. The number of rotatable bonds is 4. The van der Waals surface area contributed by atoms with Gasteiger partial charge in [0.05, 0.1) is 10.0 Å². The van der Waals surface area contributed by atoms with Crippen molar-refractivity contribution < 1.29 is 14.3 Å². The Bertz CT molecular complexity index is 701. The molecule has 2 aromatic rings. The summed E-state index contributed by atoms with van der Waals surface area (Å²) in [7, 11) is 0. The molecule has 2 rings (SSSR count). The van der Waals surface area contributed by atoms with Gasteiger partial charge >= 0.3 is 5.97 Å². The summed E-state index contributed by atoms with van der Waals surface area (Å²) >= 11 is 3.24. The summed E-state index contributed by atoms with van der Waals surface area (Å²) < 4.78 is 5.69. The molecule has 0 aliphatic rings. The Morgan fingerprint density at radius 2 is 1.71 bits per heavy atom. The zero-order valence-electron chi connectivity index (χ0n) is 11.0. The van der Waals surface area contributed by atoms with E-state index in [0.717, 1.165) is 0 Å². The standard InChI is InChI=1S/C15H13BrN2O3/c16-13-11(6-3-7-12(13)17)15(20)21-8-9-4-1-2-5-10(9)14(18)19/h1-7H,8,17H2,(H2,18,19). The van der Waals surface area contributed by atoms with Gasteiger partial charge in [0.2, 0.25) is 5.91 Å². The SMILES string of the molecule is NC(=O)c1ccccc1COC(=O)c1cccc(N)c1Br. The molecule has 0 unspecified atom stereocenters. The lowest BCUT2D eigenvalue weighted by atomic mass is 10.1. The number of halogens is 1. The molecule has 0 aliphatic heterocycles. The van der Waals surface area contributed by atoms with Crippen LogP contribution in [0.25, 0.3) is 0 Å². The maximum absolute atomic E-state index is 12.0. The van der Waals surface area contributed by atoms with Crippen LogP contribution in [0, 0.1) is 0 Å². The minimum atomic E-state index is -0.563. The average Bonchev–Trinajstić information content (AvgIpc) is 2.47. The van der Waals surface area contributed by atoms with Crippen LogP contribution in [0.3, 0.4) is 0 Å². The van der Waals surface area contributed by atoms with Crippen molar-refractivity contribution in [2.75, 3.05) is 5.73 Å². The molecule has 108 valence electrons. The Morgan fingerprint density at radius 1 is 1.05 bits per heavy atom. The summed E-state index contributed by atoms with van der Waals surface area (Å²) in [6, 6.07) is 11.6. The third-order valence-corrected chi connectivity index (χ3v) is 3.78. The number of anilines is 1. The predicted octanol–water partition coefficient (Wildman–Crippen LogP) is 2.49. The van der Waals surface area contributed by atoms with Crippen LogP contribution >= 0.6 is 15.9 Å². The zero-order chi connectivity index (χ0) is 15.4. The molecule has 0 aromatic heterocycles. The summed E-state index contributed by atoms with van der Waals surface area (Å²) in [5.74, 6) is -1.10. The molecule has 5 nitrogen and oxygen atoms in total. The van der Waals surface area contributed by atoms with Crippen molar-refractivity contribution in [3.05, 3.63) is 63.6 Å². The van der Waals surface area contributed by atoms with E-state index in [9.17, 15) is 9.59 Å². The van der Waals surface area contributed by atoms with Gasteiger partial charge in [-0.3, -0.25) is 4.79 Å². The summed E-state index contributed by atoms with van der Waals surface area (Å²) in [4.78, 5) is 23.3. The third kappa shape index (κ3) is 3.41. The Balaban J connectivity index is 2.15. The number of hydrogen-bond acceptors (Lipinski definition) is 4. The van der Waals surface area contributed by atoms with Crippen molar-refractivity contribution in [3.8, 4) is 0 Å². The smallest absolute Gasteiger partial charge is 0.339 e. The highest BCUT2D eigenvalue weighted by atomic mass is 79.9. The molecule has 0 heterocycles. The van der Waals surface area contributed by atoms with E-state index in [1.54, 1.807) is 42.5 Å². The van der Waals surface area contributed by atoms with E-state index in [4.69, 9.17) is 16.2 Å². The molecule has 0 spiro atoms. The highest BCUT2D eigenvalue weighted by Gasteiger charge is 2.15. The highest BCUT2D eigenvalue weighted by molar-refractivity contribution is 9.10. The molecule has 0 atom stereocenters. The van der Waals surface area contributed by atoms with Crippen molar-refractivity contribution in [1.29, 1.82) is 0 Å². The first-order valence-electron chi connectivity index (χ1n) is 6.09. The highest BCUT2D eigenvalue weighted by Crippen LogP contribution is 2.24. The fourth-order valence-corrected chi connectivity index (χ4v) is 2.24. The van der Waals surface area contributed by atoms with Crippen LogP contribution in [0.15, 0.2) is 46.9 Å². The second-order valence-electron chi connectivity index (χ2n) is 4.31. The summed E-state index contributed by atoms with van der Waals surface area (Å²) in [6.45, 7) is -0.0425. The maximum atomic E-state index is 12.0. The van der Waals surface area contributed by atoms with Crippen molar-refractivity contribution in [3.63, 3.8) is 0 Å². The number of hydrogen-bond donors (Lipinski definition) is 2. The molecule has 2 aromatic carbocycles. The van der Waals surface area contributed by atoms with Crippen molar-refractivity contribution in [1.82, 2.24) is 0 Å². The van der Waals surface area contributed by atoms with E-state index in [-0.39, 0.29) is 6.61 Å². The zero-order valence-corrected chi connectivity index (χ0v) is 12.6. The lowest BCUT2D eigenvalue weighted by Crippen LogP contribution is -2.15. The first kappa shape index (κ1) is 15.1. The number of carbonyl (C=O) groups is 2. The number of benzene rings is 2. The molecule has 1 amide bonds. The monoisotopic (exact) mass is 348 g/mol. The number of carbonyl (C=O) groups excluding carboxylic acids is 2. The Kier molecular flexibility index (Phi) is 4.59. The van der Waals surface area contributed by atoms with Crippen molar-refractivity contribution in [2.45, 2.75) is 6.61 Å². The normalized spacial score (nSPS) is 10.1. The van der Waals surface area contributed by atoms with Gasteiger partial charge in [0.15, 0.2) is 0 Å². The number of primary amides is 1. The molecule has 0 aliphatic carbocycles. The minimum absolute atomic E-state index is 0.0425. The van der Waals surface area contributed by atoms with Gasteiger partial charge in [0, 0.05) is 16.8 Å². The van der Waals surface area contributed by atoms with Crippen LogP contribution < -0.4 is 11.5 Å². The van der Waals surface area contributed by atoms with Crippen LogP contribution in [0.1, 0.15) is 26.3 Å². The van der Waals surface area contributed by atoms with Gasteiger partial charge in [-0.1, -0.05) is 24.3 Å². The number of esters is 1. The fraction of sp³-hybridized carbons (Fsp3) is 0.0667. The van der Waals surface area contributed by atoms with Crippen LogP contribution in [0.5, 0.6) is 0 Å². The lowest BCUT2D eigenvalue weighted by Gasteiger charge is -2.09. The number of ether oxygens (including phenoxy) is 1. The van der Waals surface area contributed by atoms with Gasteiger partial charge in [-0.2, -0.15) is 0 Å². The summed E-state index contributed by atoms with van der Waals surface area (Å²) in [6.07, 6.45) is 0. The third-order valence-electron chi connectivity index (χ3n) is 2.89. The Hall–Kier alpha value is -2.34. The Morgan fingerprint density at radius 3 is 2.43 bits per heavy atom. The van der Waals surface area contributed by atoms with Gasteiger partial charge in [-0.25, -0.2) is 4.79 Å². The second kappa shape index (κ2) is 6.41. The van der Waals surface area contributed by atoms with Crippen LogP contribution in [0.2, 0.25) is 0 Å². The largest absolute Gasteiger partial charge is 0.457 e. The van der Waals surface area contributed by atoms with E-state index >= 15 is 0 Å². The first-order valence-corrected chi connectivity index (χ1v) is 6.89. The molecule has 0 saturated carbocycles. The molecule has 0 radical (unpaired) electrons. The molecule has 0 fully saturated rings. The molecular formula is C15H13BrN2O3. The molecule has 6 heteroatoms. The van der Waals surface area contributed by atoms with Crippen LogP contribution in [-0.2, 0) is 11.3 Å². The Labute approximate surface area is 130 Å². The van der Waals surface area contributed by atoms with Gasteiger partial charge in [0.25, 0.3) is 0 Å². The topological polar surface area (TPSA) is 95.4 Å². The van der Waals surface area contributed by atoms with E-state index < -0.39 is 11.9 Å². The molecule has 0 bridgehead atoms. The lowest BCUT2D eigenvalue weighted by molar-refractivity contribution is 0.0469. The quantitative estimate of drug-likeness (QED) is 0.655. The summed E-state index contributed by atoms with van der Waals surface area (Å²) in [5, 5.41) is 0.